The van der Waals surface area contributed by atoms with Crippen LogP contribution in [0, 0.1) is 6.92 Å². The molecule has 0 aliphatic rings. The number of nitrogens with one attached hydrogen (secondary N) is 1. The second-order valence-corrected chi connectivity index (χ2v) is 5.61. The van der Waals surface area contributed by atoms with Gasteiger partial charge in [0.25, 0.3) is 5.91 Å². The summed E-state index contributed by atoms with van der Waals surface area (Å²) in [4.78, 5) is 24.1. The smallest absolute Gasteiger partial charge is 0.338 e. The maximum absolute atomic E-state index is 12.4. The minimum Gasteiger partial charge on any atom is -0.491 e. The van der Waals surface area contributed by atoms with Crippen molar-refractivity contribution in [2.75, 3.05) is 12.4 Å². The van der Waals surface area contributed by atoms with Gasteiger partial charge in [0.05, 0.1) is 18.8 Å². The van der Waals surface area contributed by atoms with Crippen molar-refractivity contribution in [3.63, 3.8) is 0 Å². The Hall–Kier alpha value is -2.82. The third-order valence-electron chi connectivity index (χ3n) is 3.48. The van der Waals surface area contributed by atoms with Crippen LogP contribution < -0.4 is 10.1 Å². The molecule has 0 atom stereocenters. The molecule has 0 radical (unpaired) electrons. The van der Waals surface area contributed by atoms with E-state index in [1.807, 2.05) is 13.8 Å². The molecular weight excluding hydrogens is 306 g/mol. The van der Waals surface area contributed by atoms with Gasteiger partial charge in [-0.15, -0.1) is 0 Å². The highest BCUT2D eigenvalue weighted by Gasteiger charge is 2.14. The highest BCUT2D eigenvalue weighted by Crippen LogP contribution is 2.21. The van der Waals surface area contributed by atoms with Gasteiger partial charge >= 0.3 is 5.97 Å². The summed E-state index contributed by atoms with van der Waals surface area (Å²) in [6, 6.07) is 12.0. The van der Waals surface area contributed by atoms with Gasteiger partial charge in [0.15, 0.2) is 0 Å². The molecule has 2 aromatic rings. The molecule has 0 aliphatic heterocycles. The zero-order valence-electron chi connectivity index (χ0n) is 14.3. The molecule has 1 N–H and O–H groups in total. The van der Waals surface area contributed by atoms with Crippen molar-refractivity contribution in [3.05, 3.63) is 59.2 Å². The average molecular weight is 327 g/mol. The molecule has 24 heavy (non-hydrogen) atoms. The number of hydrogen-bond acceptors (Lipinski definition) is 4. The fourth-order valence-electron chi connectivity index (χ4n) is 2.25. The number of hydrogen-bond donors (Lipinski definition) is 1. The molecule has 0 aromatic heterocycles. The van der Waals surface area contributed by atoms with Crippen LogP contribution in [0.5, 0.6) is 5.75 Å². The van der Waals surface area contributed by atoms with Crippen LogP contribution in [0.2, 0.25) is 0 Å². The van der Waals surface area contributed by atoms with E-state index in [0.29, 0.717) is 28.1 Å². The number of esters is 1. The van der Waals surface area contributed by atoms with E-state index in [9.17, 15) is 9.59 Å². The zero-order valence-corrected chi connectivity index (χ0v) is 14.3. The van der Waals surface area contributed by atoms with Gasteiger partial charge in [0.2, 0.25) is 0 Å². The summed E-state index contributed by atoms with van der Waals surface area (Å²) in [6.45, 7) is 5.65. The van der Waals surface area contributed by atoms with E-state index in [4.69, 9.17) is 9.47 Å². The monoisotopic (exact) mass is 327 g/mol. The van der Waals surface area contributed by atoms with Crippen LogP contribution in [0.3, 0.4) is 0 Å². The van der Waals surface area contributed by atoms with Crippen LogP contribution >= 0.6 is 0 Å². The highest BCUT2D eigenvalue weighted by molar-refractivity contribution is 6.05. The summed E-state index contributed by atoms with van der Waals surface area (Å²) in [5.74, 6) is 0.0282. The molecule has 1 amide bonds. The topological polar surface area (TPSA) is 64.6 Å². The Kier molecular flexibility index (Phi) is 5.58. The fraction of sp³-hybridized carbons (Fsp3) is 0.263. The van der Waals surface area contributed by atoms with Crippen molar-refractivity contribution in [3.8, 4) is 5.75 Å². The van der Waals surface area contributed by atoms with Gasteiger partial charge in [-0.25, -0.2) is 4.79 Å². The first-order valence-corrected chi connectivity index (χ1v) is 7.68. The molecule has 5 heteroatoms. The summed E-state index contributed by atoms with van der Waals surface area (Å²) in [5.41, 5.74) is 2.17. The second kappa shape index (κ2) is 7.64. The van der Waals surface area contributed by atoms with Crippen LogP contribution in [0.15, 0.2) is 42.5 Å². The van der Waals surface area contributed by atoms with Gasteiger partial charge in [-0.3, -0.25) is 4.79 Å². The van der Waals surface area contributed by atoms with Gasteiger partial charge in [-0.1, -0.05) is 6.07 Å². The number of carbonyl (C=O) groups is 2. The summed E-state index contributed by atoms with van der Waals surface area (Å²) < 4.78 is 10.3. The number of rotatable bonds is 5. The van der Waals surface area contributed by atoms with E-state index < -0.39 is 5.97 Å². The maximum atomic E-state index is 12.4. The molecule has 2 aromatic carbocycles. The third kappa shape index (κ3) is 4.13. The van der Waals surface area contributed by atoms with Crippen LogP contribution in [0.4, 0.5) is 5.69 Å². The molecule has 0 saturated heterocycles. The Labute approximate surface area is 141 Å². The first-order valence-electron chi connectivity index (χ1n) is 7.68. The maximum Gasteiger partial charge on any atom is 0.338 e. The largest absolute Gasteiger partial charge is 0.491 e. The van der Waals surface area contributed by atoms with E-state index in [1.54, 1.807) is 49.4 Å². The Bertz CT molecular complexity index is 736. The minimum absolute atomic E-state index is 0.0772. The van der Waals surface area contributed by atoms with Gasteiger partial charge in [-0.05, 0) is 62.7 Å². The number of anilines is 1. The predicted octanol–water partition coefficient (Wildman–Crippen LogP) is 3.82. The molecule has 5 nitrogen and oxygen atoms in total. The summed E-state index contributed by atoms with van der Waals surface area (Å²) in [7, 11) is 1.33. The molecule has 126 valence electrons. The molecule has 0 fully saturated rings. The first-order chi connectivity index (χ1) is 11.4. The van der Waals surface area contributed by atoms with Gasteiger partial charge in [0, 0.05) is 11.3 Å². The second-order valence-electron chi connectivity index (χ2n) is 5.61. The Balaban J connectivity index is 2.16. The lowest BCUT2D eigenvalue weighted by Gasteiger charge is -2.12. The summed E-state index contributed by atoms with van der Waals surface area (Å²) >= 11 is 0. The Morgan fingerprint density at radius 1 is 1.04 bits per heavy atom. The van der Waals surface area contributed by atoms with E-state index in [1.165, 1.54) is 7.11 Å². The SMILES string of the molecule is COC(=O)c1cccc(NC(=O)c2ccc(OC(C)C)cc2)c1C. The van der Waals surface area contributed by atoms with Crippen molar-refractivity contribution in [2.24, 2.45) is 0 Å². The lowest BCUT2D eigenvalue weighted by Crippen LogP contribution is -2.14. The summed E-state index contributed by atoms with van der Waals surface area (Å²) in [6.07, 6.45) is 0.0772. The Morgan fingerprint density at radius 2 is 1.71 bits per heavy atom. The van der Waals surface area contributed by atoms with Crippen molar-refractivity contribution < 1.29 is 19.1 Å². The Morgan fingerprint density at radius 3 is 2.29 bits per heavy atom. The molecule has 0 aliphatic carbocycles. The van der Waals surface area contributed by atoms with Crippen LogP contribution in [0.25, 0.3) is 0 Å². The lowest BCUT2D eigenvalue weighted by atomic mass is 10.1. The minimum atomic E-state index is -0.432. The van der Waals surface area contributed by atoms with E-state index in [0.717, 1.165) is 0 Å². The molecule has 0 heterocycles. The van der Waals surface area contributed by atoms with Gasteiger partial charge in [0.1, 0.15) is 5.75 Å². The van der Waals surface area contributed by atoms with Crippen molar-refractivity contribution in [1.29, 1.82) is 0 Å². The quantitative estimate of drug-likeness (QED) is 0.848. The van der Waals surface area contributed by atoms with Crippen LogP contribution in [-0.2, 0) is 4.74 Å². The fourth-order valence-corrected chi connectivity index (χ4v) is 2.25. The zero-order chi connectivity index (χ0) is 17.7. The molecule has 0 spiro atoms. The van der Waals surface area contributed by atoms with E-state index >= 15 is 0 Å². The lowest BCUT2D eigenvalue weighted by molar-refractivity contribution is 0.0599. The van der Waals surface area contributed by atoms with Gasteiger partial charge < -0.3 is 14.8 Å². The number of methoxy groups -OCH3 is 1. The van der Waals surface area contributed by atoms with Crippen molar-refractivity contribution in [2.45, 2.75) is 26.9 Å². The van der Waals surface area contributed by atoms with Crippen LogP contribution in [-0.4, -0.2) is 25.1 Å². The van der Waals surface area contributed by atoms with Crippen molar-refractivity contribution >= 4 is 17.6 Å². The van der Waals surface area contributed by atoms with Crippen molar-refractivity contribution in [1.82, 2.24) is 0 Å². The number of ether oxygens (including phenoxy) is 2. The van der Waals surface area contributed by atoms with Gasteiger partial charge in [-0.2, -0.15) is 0 Å². The normalized spacial score (nSPS) is 10.4. The number of benzene rings is 2. The third-order valence-corrected chi connectivity index (χ3v) is 3.48. The average Bonchev–Trinajstić information content (AvgIpc) is 2.56. The molecule has 0 saturated carbocycles. The number of amides is 1. The first kappa shape index (κ1) is 17.5. The predicted molar refractivity (Wildman–Crippen MR) is 92.7 cm³/mol. The molecule has 2 rings (SSSR count). The summed E-state index contributed by atoms with van der Waals surface area (Å²) in [5, 5.41) is 2.82. The van der Waals surface area contributed by atoms with Crippen LogP contribution in [0.1, 0.15) is 40.1 Å². The molecule has 0 unspecified atom stereocenters. The van der Waals surface area contributed by atoms with E-state index in [-0.39, 0.29) is 12.0 Å². The highest BCUT2D eigenvalue weighted by atomic mass is 16.5. The molecular formula is C19H21NO4. The molecule has 0 bridgehead atoms. The number of carbonyl (C=O) groups excluding carboxylic acids is 2. The standard InChI is InChI=1S/C19H21NO4/c1-12(2)24-15-10-8-14(9-11-15)18(21)20-17-7-5-6-16(13(17)3)19(22)23-4/h5-12H,1-4H3,(H,20,21). The van der Waals surface area contributed by atoms with E-state index in [2.05, 4.69) is 5.32 Å².